The van der Waals surface area contributed by atoms with Crippen molar-refractivity contribution in [2.45, 2.75) is 22.5 Å². The molecule has 0 radical (unpaired) electrons. The van der Waals surface area contributed by atoms with Crippen LogP contribution in [0.1, 0.15) is 6.42 Å². The molecule has 136 valence electrons. The summed E-state index contributed by atoms with van der Waals surface area (Å²) in [4.78, 5) is -0.838. The summed E-state index contributed by atoms with van der Waals surface area (Å²) in [7, 11) is -8.20. The number of hydrogen-bond acceptors (Lipinski definition) is 7. The molecule has 1 unspecified atom stereocenters. The zero-order valence-corrected chi connectivity index (χ0v) is 15.0. The number of rotatable bonds is 8. The van der Waals surface area contributed by atoms with Crippen LogP contribution in [0.4, 0.5) is 0 Å². The standard InChI is InChI=1S/C16H18O7S2/c1-24(18,19)14-9-5-6-10-15(14)25(20,21)23-16(11-12-17)22-13-7-3-2-4-8-13/h2-10,16-17H,11-12H2,1H3. The molecule has 0 saturated carbocycles. The van der Waals surface area contributed by atoms with E-state index in [1.165, 1.54) is 18.2 Å². The summed E-state index contributed by atoms with van der Waals surface area (Å²) in [6.07, 6.45) is -0.507. The van der Waals surface area contributed by atoms with E-state index in [9.17, 15) is 16.8 Å². The summed E-state index contributed by atoms with van der Waals surface area (Å²) in [6, 6.07) is 13.5. The molecular weight excluding hydrogens is 368 g/mol. The Morgan fingerprint density at radius 3 is 2.04 bits per heavy atom. The average molecular weight is 386 g/mol. The van der Waals surface area contributed by atoms with E-state index in [2.05, 4.69) is 0 Å². The Bertz CT molecular complexity index is 907. The van der Waals surface area contributed by atoms with Gasteiger partial charge in [0.2, 0.25) is 6.29 Å². The molecule has 0 aromatic heterocycles. The lowest BCUT2D eigenvalue weighted by molar-refractivity contribution is -0.00654. The predicted octanol–water partition coefficient (Wildman–Crippen LogP) is 1.58. The van der Waals surface area contributed by atoms with Crippen LogP contribution in [0.3, 0.4) is 0 Å². The smallest absolute Gasteiger partial charge is 0.301 e. The van der Waals surface area contributed by atoms with Gasteiger partial charge < -0.3 is 9.84 Å². The van der Waals surface area contributed by atoms with Gasteiger partial charge in [0, 0.05) is 19.3 Å². The van der Waals surface area contributed by atoms with Gasteiger partial charge in [-0.05, 0) is 24.3 Å². The van der Waals surface area contributed by atoms with Gasteiger partial charge in [0.1, 0.15) is 10.6 Å². The normalized spacial score (nSPS) is 13.4. The number of sulfone groups is 1. The molecule has 0 heterocycles. The number of para-hydroxylation sites is 1. The van der Waals surface area contributed by atoms with Gasteiger partial charge >= 0.3 is 10.1 Å². The average Bonchev–Trinajstić information content (AvgIpc) is 2.55. The molecule has 2 aromatic rings. The van der Waals surface area contributed by atoms with Crippen LogP contribution in [0, 0.1) is 0 Å². The molecule has 0 bridgehead atoms. The molecule has 0 aliphatic carbocycles. The van der Waals surface area contributed by atoms with Gasteiger partial charge in [0.25, 0.3) is 0 Å². The summed E-state index contributed by atoms with van der Waals surface area (Å²) < 4.78 is 59.1. The Kier molecular flexibility index (Phi) is 6.17. The largest absolute Gasteiger partial charge is 0.464 e. The highest BCUT2D eigenvalue weighted by Gasteiger charge is 2.28. The van der Waals surface area contributed by atoms with Gasteiger partial charge in [-0.2, -0.15) is 8.42 Å². The molecular formula is C16H18O7S2. The minimum atomic E-state index is -4.43. The first-order chi connectivity index (χ1) is 11.7. The second-order valence-corrected chi connectivity index (χ2v) is 8.67. The van der Waals surface area contributed by atoms with Gasteiger partial charge in [-0.25, -0.2) is 12.6 Å². The SMILES string of the molecule is CS(=O)(=O)c1ccccc1S(=O)(=O)OC(CCO)Oc1ccccc1. The maximum absolute atomic E-state index is 12.5. The van der Waals surface area contributed by atoms with E-state index in [-0.39, 0.29) is 17.9 Å². The highest BCUT2D eigenvalue weighted by atomic mass is 32.2. The molecule has 0 fully saturated rings. The molecule has 0 amide bonds. The lowest BCUT2D eigenvalue weighted by atomic mass is 10.3. The molecule has 1 N–H and O–H groups in total. The molecule has 0 saturated heterocycles. The number of aliphatic hydroxyl groups is 1. The van der Waals surface area contributed by atoms with Crippen molar-refractivity contribution < 1.29 is 30.9 Å². The third-order valence-electron chi connectivity index (χ3n) is 3.13. The third-order valence-corrected chi connectivity index (χ3v) is 5.77. The number of benzene rings is 2. The predicted molar refractivity (Wildman–Crippen MR) is 90.4 cm³/mol. The Labute approximate surface area is 146 Å². The molecule has 25 heavy (non-hydrogen) atoms. The fraction of sp³-hybridized carbons (Fsp3) is 0.250. The van der Waals surface area contributed by atoms with E-state index in [0.717, 1.165) is 12.3 Å². The molecule has 0 aliphatic rings. The topological polar surface area (TPSA) is 107 Å². The zero-order chi connectivity index (χ0) is 18.5. The monoisotopic (exact) mass is 386 g/mol. The first-order valence-electron chi connectivity index (χ1n) is 7.29. The van der Waals surface area contributed by atoms with Crippen LogP contribution in [0.25, 0.3) is 0 Å². The van der Waals surface area contributed by atoms with E-state index in [1.54, 1.807) is 30.3 Å². The van der Waals surface area contributed by atoms with E-state index in [4.69, 9.17) is 14.0 Å². The van der Waals surface area contributed by atoms with Crippen molar-refractivity contribution in [2.24, 2.45) is 0 Å². The van der Waals surface area contributed by atoms with E-state index >= 15 is 0 Å². The lowest BCUT2D eigenvalue weighted by Crippen LogP contribution is -2.26. The van der Waals surface area contributed by atoms with Gasteiger partial charge in [-0.3, -0.25) is 0 Å². The maximum atomic E-state index is 12.5. The van der Waals surface area contributed by atoms with E-state index < -0.39 is 31.1 Å². The van der Waals surface area contributed by atoms with Gasteiger partial charge in [-0.15, -0.1) is 0 Å². The zero-order valence-electron chi connectivity index (χ0n) is 13.4. The summed E-state index contributed by atoms with van der Waals surface area (Å²) in [6.45, 7) is -0.374. The molecule has 2 aromatic carbocycles. The summed E-state index contributed by atoms with van der Waals surface area (Å²) in [5.41, 5.74) is 0. The van der Waals surface area contributed by atoms with Crippen molar-refractivity contribution in [3.63, 3.8) is 0 Å². The first kappa shape index (κ1) is 19.4. The van der Waals surface area contributed by atoms with Crippen molar-refractivity contribution in [1.29, 1.82) is 0 Å². The van der Waals surface area contributed by atoms with Crippen molar-refractivity contribution in [1.82, 2.24) is 0 Å². The fourth-order valence-electron chi connectivity index (χ4n) is 2.04. The van der Waals surface area contributed by atoms with Crippen LogP contribution in [0.2, 0.25) is 0 Å². The Morgan fingerprint density at radius 2 is 1.48 bits per heavy atom. The number of hydrogen-bond donors (Lipinski definition) is 1. The number of aliphatic hydroxyl groups excluding tert-OH is 1. The summed E-state index contributed by atoms with van der Waals surface area (Å²) >= 11 is 0. The van der Waals surface area contributed by atoms with Gasteiger partial charge in [0.15, 0.2) is 9.84 Å². The summed E-state index contributed by atoms with van der Waals surface area (Å²) in [5.74, 6) is 0.354. The highest BCUT2D eigenvalue weighted by Crippen LogP contribution is 2.24. The Balaban J connectivity index is 2.32. The highest BCUT2D eigenvalue weighted by molar-refractivity contribution is 7.92. The van der Waals surface area contributed by atoms with Crippen LogP contribution >= 0.6 is 0 Å². The minimum Gasteiger partial charge on any atom is -0.464 e. The molecule has 2 rings (SSSR count). The van der Waals surface area contributed by atoms with Crippen LogP contribution < -0.4 is 4.74 Å². The third kappa shape index (κ3) is 5.27. The van der Waals surface area contributed by atoms with Crippen LogP contribution in [0.5, 0.6) is 5.75 Å². The number of ether oxygens (including phenoxy) is 1. The quantitative estimate of drug-likeness (QED) is 0.542. The van der Waals surface area contributed by atoms with Gasteiger partial charge in [0.05, 0.1) is 4.90 Å². The van der Waals surface area contributed by atoms with Crippen LogP contribution in [0.15, 0.2) is 64.4 Å². The van der Waals surface area contributed by atoms with Crippen molar-refractivity contribution in [3.8, 4) is 5.75 Å². The maximum Gasteiger partial charge on any atom is 0.301 e. The van der Waals surface area contributed by atoms with Crippen LogP contribution in [-0.4, -0.2) is 41.1 Å². The van der Waals surface area contributed by atoms with Crippen molar-refractivity contribution in [2.75, 3.05) is 12.9 Å². The molecule has 0 aliphatic heterocycles. The second kappa shape index (κ2) is 7.96. The van der Waals surface area contributed by atoms with Crippen molar-refractivity contribution in [3.05, 3.63) is 54.6 Å². The molecule has 1 atom stereocenters. The lowest BCUT2D eigenvalue weighted by Gasteiger charge is -2.19. The Morgan fingerprint density at radius 1 is 0.920 bits per heavy atom. The summed E-state index contributed by atoms with van der Waals surface area (Å²) in [5, 5.41) is 9.12. The van der Waals surface area contributed by atoms with E-state index in [0.29, 0.717) is 5.75 Å². The first-order valence-corrected chi connectivity index (χ1v) is 10.6. The molecule has 7 nitrogen and oxygen atoms in total. The minimum absolute atomic E-state index is 0.116. The Hall–Kier alpha value is -1.94. The van der Waals surface area contributed by atoms with Crippen molar-refractivity contribution >= 4 is 20.0 Å². The molecule has 0 spiro atoms. The second-order valence-electron chi connectivity index (χ2n) is 5.14. The molecule has 9 heteroatoms. The van der Waals surface area contributed by atoms with Gasteiger partial charge in [-0.1, -0.05) is 30.3 Å². The fourth-order valence-corrected chi connectivity index (χ4v) is 4.64. The van der Waals surface area contributed by atoms with E-state index in [1.807, 2.05) is 0 Å². The van der Waals surface area contributed by atoms with Crippen LogP contribution in [-0.2, 0) is 24.1 Å².